The number of fused-ring (bicyclic) bond motifs is 1. The number of carbonyl (C=O) groups excluding carboxylic acids is 4. The van der Waals surface area contributed by atoms with Gasteiger partial charge in [0.1, 0.15) is 23.9 Å². The van der Waals surface area contributed by atoms with E-state index in [-0.39, 0.29) is 37.9 Å². The number of amides is 4. The number of rotatable bonds is 16. The lowest BCUT2D eigenvalue weighted by atomic mass is 10.0. The normalized spacial score (nSPS) is 13.6. The van der Waals surface area contributed by atoms with E-state index in [9.17, 15) is 34.2 Å². The fourth-order valence-corrected chi connectivity index (χ4v) is 5.11. The monoisotopic (exact) mass is 642 g/mol. The van der Waals surface area contributed by atoms with Gasteiger partial charge in [0.15, 0.2) is 0 Å². The van der Waals surface area contributed by atoms with E-state index in [0.29, 0.717) is 11.1 Å². The molecule has 4 aromatic rings. The van der Waals surface area contributed by atoms with E-state index in [0.717, 1.165) is 16.5 Å². The minimum absolute atomic E-state index is 0.00271. The number of H-pyrrole nitrogens is 1. The number of carbonyl (C=O) groups is 5. The molecular formula is C34H38N6O7. The highest BCUT2D eigenvalue weighted by atomic mass is 16.4. The van der Waals surface area contributed by atoms with Gasteiger partial charge in [0.25, 0.3) is 0 Å². The minimum atomic E-state index is -1.35. The zero-order valence-corrected chi connectivity index (χ0v) is 25.5. The molecule has 0 radical (unpaired) electrons. The predicted molar refractivity (Wildman–Crippen MR) is 174 cm³/mol. The Morgan fingerprint density at radius 1 is 0.702 bits per heavy atom. The lowest BCUT2D eigenvalue weighted by Crippen LogP contribution is -2.58. The number of aliphatic carboxylic acids is 1. The van der Waals surface area contributed by atoms with E-state index in [1.54, 1.807) is 48.7 Å². The molecule has 13 nitrogen and oxygen atoms in total. The third kappa shape index (κ3) is 9.90. The summed E-state index contributed by atoms with van der Waals surface area (Å²) < 4.78 is 0. The summed E-state index contributed by atoms with van der Waals surface area (Å²) in [7, 11) is 0. The first kappa shape index (κ1) is 34.2. The first-order valence-corrected chi connectivity index (χ1v) is 15.0. The van der Waals surface area contributed by atoms with E-state index in [2.05, 4.69) is 20.9 Å². The number of hydrogen-bond donors (Lipinski definition) is 8. The van der Waals surface area contributed by atoms with Gasteiger partial charge in [0.05, 0.1) is 6.04 Å². The van der Waals surface area contributed by atoms with Crippen LogP contribution in [0.4, 0.5) is 0 Å². The SMILES string of the molecule is NC(=O)CC[C@H](N)C(=O)N[C@@H](Cc1ccccc1)C(=O)N[C@@H](Cc1c[nH]c2ccccc12)C(=O)N[C@@H](Cc1ccc(O)cc1)C(=O)O. The van der Waals surface area contributed by atoms with Crippen molar-refractivity contribution >= 4 is 40.5 Å². The van der Waals surface area contributed by atoms with Gasteiger partial charge >= 0.3 is 5.97 Å². The number of aromatic hydroxyl groups is 1. The number of aromatic nitrogens is 1. The second-order valence-electron chi connectivity index (χ2n) is 11.3. The maximum atomic E-state index is 13.9. The molecule has 0 aliphatic heterocycles. The van der Waals surface area contributed by atoms with E-state index < -0.39 is 53.8 Å². The second-order valence-corrected chi connectivity index (χ2v) is 11.3. The van der Waals surface area contributed by atoms with Gasteiger partial charge in [0, 0.05) is 42.8 Å². The summed E-state index contributed by atoms with van der Waals surface area (Å²) in [6.45, 7) is 0. The number of benzene rings is 3. The van der Waals surface area contributed by atoms with Crippen molar-refractivity contribution in [1.29, 1.82) is 0 Å². The van der Waals surface area contributed by atoms with Gasteiger partial charge in [0.2, 0.25) is 23.6 Å². The number of phenols is 1. The summed E-state index contributed by atoms with van der Waals surface area (Å²) in [6.07, 6.45) is 1.54. The lowest BCUT2D eigenvalue weighted by molar-refractivity contribution is -0.142. The number of carboxylic acids is 1. The van der Waals surface area contributed by atoms with E-state index in [1.165, 1.54) is 12.1 Å². The van der Waals surface area contributed by atoms with Gasteiger partial charge in [-0.2, -0.15) is 0 Å². The molecule has 0 spiro atoms. The number of aromatic amines is 1. The molecule has 47 heavy (non-hydrogen) atoms. The van der Waals surface area contributed by atoms with Gasteiger partial charge in [-0.3, -0.25) is 19.2 Å². The molecule has 0 fully saturated rings. The molecule has 4 rings (SSSR count). The Hall–Kier alpha value is -5.69. The van der Waals surface area contributed by atoms with Crippen LogP contribution in [0.5, 0.6) is 5.75 Å². The van der Waals surface area contributed by atoms with Crippen LogP contribution >= 0.6 is 0 Å². The molecule has 10 N–H and O–H groups in total. The Balaban J connectivity index is 1.59. The molecule has 0 saturated heterocycles. The molecule has 0 aliphatic carbocycles. The van der Waals surface area contributed by atoms with Crippen molar-refractivity contribution < 1.29 is 34.2 Å². The molecule has 0 saturated carbocycles. The standard InChI is InChI=1S/C34H38N6O7/c35-25(14-15-30(36)42)31(43)38-27(16-20-6-2-1-3-7-20)32(44)39-28(18-22-19-37-26-9-5-4-8-24(22)26)33(45)40-29(34(46)47)17-21-10-12-23(41)13-11-21/h1-13,19,25,27-29,37,41H,14-18,35H2,(H2,36,42)(H,38,43)(H,39,44)(H,40,45)(H,46,47)/t25-,27-,28-,29-/m0/s1. The predicted octanol–water partition coefficient (Wildman–Crippen LogP) is 1.03. The number of nitrogens with two attached hydrogens (primary N) is 2. The average molecular weight is 643 g/mol. The molecule has 0 bridgehead atoms. The second kappa shape index (κ2) is 16.0. The van der Waals surface area contributed by atoms with E-state index >= 15 is 0 Å². The first-order valence-electron chi connectivity index (χ1n) is 15.0. The number of phenolic OH excluding ortho intramolecular Hbond substituents is 1. The molecule has 4 amide bonds. The molecule has 3 aromatic carbocycles. The highest BCUT2D eigenvalue weighted by molar-refractivity contribution is 5.95. The third-order valence-electron chi connectivity index (χ3n) is 7.68. The molecule has 1 heterocycles. The quantitative estimate of drug-likeness (QED) is 0.0878. The van der Waals surface area contributed by atoms with Crippen LogP contribution in [0.3, 0.4) is 0 Å². The minimum Gasteiger partial charge on any atom is -0.508 e. The zero-order chi connectivity index (χ0) is 33.9. The summed E-state index contributed by atoms with van der Waals surface area (Å²) in [5.41, 5.74) is 13.9. The van der Waals surface area contributed by atoms with E-state index in [4.69, 9.17) is 11.5 Å². The molecule has 246 valence electrons. The summed E-state index contributed by atoms with van der Waals surface area (Å²) >= 11 is 0. The molecule has 0 unspecified atom stereocenters. The Kier molecular flexibility index (Phi) is 11.7. The smallest absolute Gasteiger partial charge is 0.326 e. The van der Waals surface area contributed by atoms with Crippen molar-refractivity contribution in [3.8, 4) is 5.75 Å². The zero-order valence-electron chi connectivity index (χ0n) is 25.5. The number of hydrogen-bond acceptors (Lipinski definition) is 7. The first-order chi connectivity index (χ1) is 22.5. The van der Waals surface area contributed by atoms with E-state index in [1.807, 2.05) is 24.3 Å². The van der Waals surface area contributed by atoms with Crippen LogP contribution in [0, 0.1) is 0 Å². The van der Waals surface area contributed by atoms with Crippen LogP contribution in [0.15, 0.2) is 85.1 Å². The highest BCUT2D eigenvalue weighted by Crippen LogP contribution is 2.20. The van der Waals surface area contributed by atoms with Crippen LogP contribution in [0.1, 0.15) is 29.5 Å². The largest absolute Gasteiger partial charge is 0.508 e. The average Bonchev–Trinajstić information content (AvgIpc) is 3.46. The molecule has 0 aliphatic rings. The molecule has 4 atom stereocenters. The van der Waals surface area contributed by atoms with Gasteiger partial charge in [-0.15, -0.1) is 0 Å². The highest BCUT2D eigenvalue weighted by Gasteiger charge is 2.31. The summed E-state index contributed by atoms with van der Waals surface area (Å²) in [4.78, 5) is 67.1. The van der Waals surface area contributed by atoms with Crippen molar-refractivity contribution in [1.82, 2.24) is 20.9 Å². The third-order valence-corrected chi connectivity index (χ3v) is 7.68. The maximum Gasteiger partial charge on any atom is 0.326 e. The van der Waals surface area contributed by atoms with Gasteiger partial charge in [-0.25, -0.2) is 4.79 Å². The number of nitrogens with one attached hydrogen (secondary N) is 4. The Morgan fingerprint density at radius 3 is 1.91 bits per heavy atom. The Labute approximate surface area is 270 Å². The summed E-state index contributed by atoms with van der Waals surface area (Å²) in [5, 5.41) is 28.3. The fourth-order valence-electron chi connectivity index (χ4n) is 5.11. The van der Waals surface area contributed by atoms with Crippen LogP contribution in [-0.4, -0.2) is 69.0 Å². The van der Waals surface area contributed by atoms with Crippen LogP contribution in [0.25, 0.3) is 10.9 Å². The number of primary amides is 1. The molecule has 13 heteroatoms. The van der Waals surface area contributed by atoms with Gasteiger partial charge in [-0.05, 0) is 41.3 Å². The molecular weight excluding hydrogens is 604 g/mol. The number of carboxylic acid groups (broad SMARTS) is 1. The fraction of sp³-hybridized carbons (Fsp3) is 0.265. The maximum absolute atomic E-state index is 13.9. The van der Waals surface area contributed by atoms with Crippen molar-refractivity contribution in [2.75, 3.05) is 0 Å². The topological polar surface area (TPSA) is 230 Å². The summed E-state index contributed by atoms with van der Waals surface area (Å²) in [5.74, 6) is -4.03. The van der Waals surface area contributed by atoms with Gasteiger partial charge < -0.3 is 42.6 Å². The van der Waals surface area contributed by atoms with Crippen molar-refractivity contribution in [2.24, 2.45) is 11.5 Å². The van der Waals surface area contributed by atoms with Crippen LogP contribution in [-0.2, 0) is 43.2 Å². The lowest BCUT2D eigenvalue weighted by Gasteiger charge is -2.25. The summed E-state index contributed by atoms with van der Waals surface area (Å²) in [6, 6.07) is 17.3. The van der Waals surface area contributed by atoms with Crippen molar-refractivity contribution in [3.63, 3.8) is 0 Å². The van der Waals surface area contributed by atoms with Gasteiger partial charge in [-0.1, -0.05) is 60.7 Å². The molecule has 1 aromatic heterocycles. The number of para-hydroxylation sites is 1. The van der Waals surface area contributed by atoms with Crippen LogP contribution in [0.2, 0.25) is 0 Å². The van der Waals surface area contributed by atoms with Crippen molar-refractivity contribution in [3.05, 3.63) is 102 Å². The Bertz CT molecular complexity index is 1710. The van der Waals surface area contributed by atoms with Crippen molar-refractivity contribution in [2.45, 2.75) is 56.3 Å². The van der Waals surface area contributed by atoms with Crippen LogP contribution < -0.4 is 27.4 Å². The Morgan fingerprint density at radius 2 is 1.26 bits per heavy atom.